The quantitative estimate of drug-likeness (QED) is 0.712. The molecule has 0 saturated heterocycles. The standard InChI is InChI=1S/C15H29N3OS/c1-12(15(2,3)4)11-14-18-17-13(20-14)7-6-8-16-9-10-19-5/h12,16H,6-11H2,1-5H3. The van der Waals surface area contributed by atoms with Crippen molar-refractivity contribution in [3.05, 3.63) is 10.0 Å². The summed E-state index contributed by atoms with van der Waals surface area (Å²) >= 11 is 1.77. The molecular weight excluding hydrogens is 270 g/mol. The van der Waals surface area contributed by atoms with Gasteiger partial charge >= 0.3 is 0 Å². The zero-order valence-corrected chi connectivity index (χ0v) is 14.3. The van der Waals surface area contributed by atoms with Crippen molar-refractivity contribution in [2.75, 3.05) is 26.8 Å². The van der Waals surface area contributed by atoms with Crippen LogP contribution < -0.4 is 5.32 Å². The number of aryl methyl sites for hydroxylation is 1. The van der Waals surface area contributed by atoms with Crippen LogP contribution in [0.5, 0.6) is 0 Å². The number of ether oxygens (including phenoxy) is 1. The molecule has 1 rings (SSSR count). The zero-order chi connectivity index (χ0) is 15.0. The van der Waals surface area contributed by atoms with Gasteiger partial charge in [0.15, 0.2) is 0 Å². The van der Waals surface area contributed by atoms with Crippen LogP contribution in [0, 0.1) is 11.3 Å². The minimum Gasteiger partial charge on any atom is -0.383 e. The fourth-order valence-electron chi connectivity index (χ4n) is 1.70. The Morgan fingerprint density at radius 1 is 1.20 bits per heavy atom. The maximum absolute atomic E-state index is 4.99. The molecule has 1 atom stereocenters. The summed E-state index contributed by atoms with van der Waals surface area (Å²) in [6.07, 6.45) is 3.15. The van der Waals surface area contributed by atoms with Crippen molar-refractivity contribution < 1.29 is 4.74 Å². The second-order valence-corrected chi connectivity index (χ2v) is 7.55. The molecule has 0 aliphatic rings. The topological polar surface area (TPSA) is 47.0 Å². The van der Waals surface area contributed by atoms with Crippen LogP contribution in [0.2, 0.25) is 0 Å². The molecule has 20 heavy (non-hydrogen) atoms. The largest absolute Gasteiger partial charge is 0.383 e. The lowest BCUT2D eigenvalue weighted by Gasteiger charge is -2.26. The van der Waals surface area contributed by atoms with Crippen LogP contribution in [0.4, 0.5) is 0 Å². The Labute approximate surface area is 127 Å². The minimum atomic E-state index is 0.330. The maximum Gasteiger partial charge on any atom is 0.117 e. The van der Waals surface area contributed by atoms with Gasteiger partial charge in [-0.3, -0.25) is 0 Å². The summed E-state index contributed by atoms with van der Waals surface area (Å²) < 4.78 is 4.99. The summed E-state index contributed by atoms with van der Waals surface area (Å²) in [5.41, 5.74) is 0.330. The molecule has 1 N–H and O–H groups in total. The normalized spacial score (nSPS) is 13.7. The Hall–Kier alpha value is -0.520. The number of methoxy groups -OCH3 is 1. The second kappa shape index (κ2) is 8.70. The summed E-state index contributed by atoms with van der Waals surface area (Å²) in [6.45, 7) is 11.8. The third-order valence-electron chi connectivity index (χ3n) is 3.70. The molecule has 0 radical (unpaired) electrons. The van der Waals surface area contributed by atoms with E-state index in [9.17, 15) is 0 Å². The van der Waals surface area contributed by atoms with Crippen molar-refractivity contribution in [3.8, 4) is 0 Å². The second-order valence-electron chi connectivity index (χ2n) is 6.41. The zero-order valence-electron chi connectivity index (χ0n) is 13.5. The van der Waals surface area contributed by atoms with E-state index in [0.717, 1.165) is 44.0 Å². The van der Waals surface area contributed by atoms with Gasteiger partial charge in [0.25, 0.3) is 0 Å². The Bertz CT molecular complexity index is 373. The molecule has 1 aromatic heterocycles. The summed E-state index contributed by atoms with van der Waals surface area (Å²) in [4.78, 5) is 0. The fourth-order valence-corrected chi connectivity index (χ4v) is 2.72. The van der Waals surface area contributed by atoms with E-state index in [4.69, 9.17) is 4.74 Å². The van der Waals surface area contributed by atoms with E-state index in [1.54, 1.807) is 18.4 Å². The molecule has 0 saturated carbocycles. The van der Waals surface area contributed by atoms with Crippen molar-refractivity contribution in [3.63, 3.8) is 0 Å². The van der Waals surface area contributed by atoms with Crippen molar-refractivity contribution >= 4 is 11.3 Å². The van der Waals surface area contributed by atoms with E-state index in [1.165, 1.54) is 5.01 Å². The first-order valence-corrected chi connectivity index (χ1v) is 8.26. The molecule has 0 bridgehead atoms. The lowest BCUT2D eigenvalue weighted by atomic mass is 9.80. The summed E-state index contributed by atoms with van der Waals surface area (Å²) in [5.74, 6) is 0.624. The van der Waals surface area contributed by atoms with E-state index >= 15 is 0 Å². The summed E-state index contributed by atoms with van der Waals surface area (Å²) in [7, 11) is 1.73. The molecule has 116 valence electrons. The molecule has 0 aliphatic carbocycles. The molecule has 0 amide bonds. The van der Waals surface area contributed by atoms with Crippen LogP contribution in [0.3, 0.4) is 0 Å². The lowest BCUT2D eigenvalue weighted by Crippen LogP contribution is -2.20. The predicted molar refractivity (Wildman–Crippen MR) is 85.3 cm³/mol. The Kier molecular flexibility index (Phi) is 7.62. The minimum absolute atomic E-state index is 0.330. The highest BCUT2D eigenvalue weighted by atomic mass is 32.1. The fraction of sp³-hybridized carbons (Fsp3) is 0.867. The predicted octanol–water partition coefficient (Wildman–Crippen LogP) is 2.93. The Balaban J connectivity index is 2.26. The van der Waals surface area contributed by atoms with E-state index < -0.39 is 0 Å². The van der Waals surface area contributed by atoms with E-state index in [2.05, 4.69) is 43.2 Å². The highest BCUT2D eigenvalue weighted by molar-refractivity contribution is 7.11. The number of rotatable bonds is 9. The number of nitrogens with one attached hydrogen (secondary N) is 1. The van der Waals surface area contributed by atoms with Crippen LogP contribution in [0.25, 0.3) is 0 Å². The first-order chi connectivity index (χ1) is 9.43. The number of nitrogens with zero attached hydrogens (tertiary/aromatic N) is 2. The van der Waals surface area contributed by atoms with Gasteiger partial charge in [-0.15, -0.1) is 21.5 Å². The van der Waals surface area contributed by atoms with Gasteiger partial charge in [0, 0.05) is 26.5 Å². The number of hydrogen-bond acceptors (Lipinski definition) is 5. The van der Waals surface area contributed by atoms with Gasteiger partial charge in [-0.2, -0.15) is 0 Å². The molecule has 1 aromatic rings. The van der Waals surface area contributed by atoms with Crippen LogP contribution in [-0.2, 0) is 17.6 Å². The lowest BCUT2D eigenvalue weighted by molar-refractivity contribution is 0.199. The number of aromatic nitrogens is 2. The maximum atomic E-state index is 4.99. The van der Waals surface area contributed by atoms with Gasteiger partial charge in [-0.05, 0) is 24.3 Å². The highest BCUT2D eigenvalue weighted by Crippen LogP contribution is 2.29. The first kappa shape index (κ1) is 17.5. The number of hydrogen-bond donors (Lipinski definition) is 1. The van der Waals surface area contributed by atoms with Gasteiger partial charge in [-0.1, -0.05) is 27.7 Å². The van der Waals surface area contributed by atoms with Gasteiger partial charge < -0.3 is 10.1 Å². The molecule has 0 aliphatic heterocycles. The molecular formula is C15H29N3OS. The van der Waals surface area contributed by atoms with Crippen LogP contribution in [-0.4, -0.2) is 37.0 Å². The SMILES string of the molecule is COCCNCCCc1nnc(CC(C)C(C)(C)C)s1. The Morgan fingerprint density at radius 2 is 1.90 bits per heavy atom. The highest BCUT2D eigenvalue weighted by Gasteiger charge is 2.21. The average molecular weight is 299 g/mol. The van der Waals surface area contributed by atoms with Gasteiger partial charge in [0.1, 0.15) is 10.0 Å². The molecule has 1 heterocycles. The summed E-state index contributed by atoms with van der Waals surface area (Å²) in [5, 5.41) is 14.3. The van der Waals surface area contributed by atoms with Crippen LogP contribution in [0.15, 0.2) is 0 Å². The van der Waals surface area contributed by atoms with Crippen molar-refractivity contribution in [1.82, 2.24) is 15.5 Å². The van der Waals surface area contributed by atoms with Crippen molar-refractivity contribution in [1.29, 1.82) is 0 Å². The molecule has 0 aromatic carbocycles. The van der Waals surface area contributed by atoms with E-state index in [-0.39, 0.29) is 0 Å². The molecule has 0 spiro atoms. The van der Waals surface area contributed by atoms with E-state index in [0.29, 0.717) is 11.3 Å². The monoisotopic (exact) mass is 299 g/mol. The Morgan fingerprint density at radius 3 is 2.55 bits per heavy atom. The summed E-state index contributed by atoms with van der Waals surface area (Å²) in [6, 6.07) is 0. The molecule has 0 fully saturated rings. The van der Waals surface area contributed by atoms with Crippen LogP contribution >= 0.6 is 11.3 Å². The van der Waals surface area contributed by atoms with Crippen LogP contribution in [0.1, 0.15) is 44.1 Å². The van der Waals surface area contributed by atoms with Crippen molar-refractivity contribution in [2.45, 2.75) is 47.0 Å². The van der Waals surface area contributed by atoms with Gasteiger partial charge in [0.2, 0.25) is 0 Å². The molecule has 4 nitrogen and oxygen atoms in total. The van der Waals surface area contributed by atoms with E-state index in [1.807, 2.05) is 0 Å². The average Bonchev–Trinajstić information content (AvgIpc) is 2.80. The molecule has 5 heteroatoms. The smallest absolute Gasteiger partial charge is 0.117 e. The van der Waals surface area contributed by atoms with Gasteiger partial charge in [0.05, 0.1) is 6.61 Å². The molecule has 1 unspecified atom stereocenters. The van der Waals surface area contributed by atoms with Crippen molar-refractivity contribution in [2.24, 2.45) is 11.3 Å². The first-order valence-electron chi connectivity index (χ1n) is 7.44. The van der Waals surface area contributed by atoms with Gasteiger partial charge in [-0.25, -0.2) is 0 Å². The third kappa shape index (κ3) is 6.77. The third-order valence-corrected chi connectivity index (χ3v) is 4.70.